The van der Waals surface area contributed by atoms with Crippen LogP contribution in [0, 0.1) is 20.2 Å². The zero-order chi connectivity index (χ0) is 14.6. The summed E-state index contributed by atoms with van der Waals surface area (Å²) in [4.78, 5) is 20.3. The molecule has 0 atom stereocenters. The molecule has 1 rings (SSSR count). The summed E-state index contributed by atoms with van der Waals surface area (Å²) < 4.78 is 9.52. The Morgan fingerprint density at radius 1 is 1.26 bits per heavy atom. The molecule has 0 aliphatic carbocycles. The summed E-state index contributed by atoms with van der Waals surface area (Å²) in [6, 6.07) is 0.867. The third-order valence-corrected chi connectivity index (χ3v) is 2.22. The minimum absolute atomic E-state index is 0.340. The molecule has 0 unspecified atom stereocenters. The Morgan fingerprint density at radius 2 is 1.89 bits per heavy atom. The van der Waals surface area contributed by atoms with Crippen LogP contribution in [0.1, 0.15) is 5.56 Å². The van der Waals surface area contributed by atoms with Crippen LogP contribution in [-0.2, 0) is 0 Å². The van der Waals surface area contributed by atoms with Gasteiger partial charge in [0.15, 0.2) is 0 Å². The second-order valence-corrected chi connectivity index (χ2v) is 3.15. The first-order valence-electron chi connectivity index (χ1n) is 4.73. The van der Waals surface area contributed by atoms with Gasteiger partial charge in [0.05, 0.1) is 36.3 Å². The van der Waals surface area contributed by atoms with Crippen LogP contribution >= 0.6 is 0 Å². The number of nitro groups is 2. The molecule has 0 heterocycles. The van der Waals surface area contributed by atoms with Crippen molar-refractivity contribution < 1.29 is 24.5 Å². The Bertz CT molecular complexity index is 555. The molecule has 10 heteroatoms. The van der Waals surface area contributed by atoms with Gasteiger partial charge in [0.2, 0.25) is 11.5 Å². The maximum absolute atomic E-state index is 11.0. The van der Waals surface area contributed by atoms with Crippen molar-refractivity contribution in [3.05, 3.63) is 31.9 Å². The lowest BCUT2D eigenvalue weighted by molar-refractivity contribution is -0.390. The number of hydrogen-bond acceptors (Lipinski definition) is 8. The quantitative estimate of drug-likeness (QED) is 0.369. The molecular weight excluding hydrogens is 262 g/mol. The summed E-state index contributed by atoms with van der Waals surface area (Å²) in [5.74, 6) is -0.734. The SMILES string of the molecule is COc1cc([N+](=O)[O-])c(OC)c(/C=N/O)c1[N+](=O)[O-]. The third-order valence-electron chi connectivity index (χ3n) is 2.22. The molecule has 0 saturated heterocycles. The molecule has 0 amide bonds. The molecule has 0 fully saturated rings. The first kappa shape index (κ1) is 14.2. The van der Waals surface area contributed by atoms with Crippen molar-refractivity contribution in [1.82, 2.24) is 0 Å². The lowest BCUT2D eigenvalue weighted by atomic mass is 10.1. The van der Waals surface area contributed by atoms with E-state index in [1.807, 2.05) is 0 Å². The smallest absolute Gasteiger partial charge is 0.324 e. The van der Waals surface area contributed by atoms with E-state index in [4.69, 9.17) is 14.7 Å². The van der Waals surface area contributed by atoms with Gasteiger partial charge < -0.3 is 14.7 Å². The van der Waals surface area contributed by atoms with E-state index < -0.39 is 27.0 Å². The maximum atomic E-state index is 11.0. The van der Waals surface area contributed by atoms with Gasteiger partial charge in [-0.05, 0) is 0 Å². The normalized spacial score (nSPS) is 10.4. The number of nitro benzene ring substituents is 2. The number of benzene rings is 1. The van der Waals surface area contributed by atoms with Crippen molar-refractivity contribution in [1.29, 1.82) is 0 Å². The van der Waals surface area contributed by atoms with E-state index in [1.165, 1.54) is 0 Å². The molecule has 10 nitrogen and oxygen atoms in total. The molecule has 0 radical (unpaired) electrons. The molecule has 0 aliphatic heterocycles. The summed E-state index contributed by atoms with van der Waals surface area (Å²) in [5.41, 5.74) is -1.50. The average molecular weight is 271 g/mol. The summed E-state index contributed by atoms with van der Waals surface area (Å²) in [6.45, 7) is 0. The van der Waals surface area contributed by atoms with Gasteiger partial charge >= 0.3 is 11.4 Å². The second kappa shape index (κ2) is 5.62. The fourth-order valence-electron chi connectivity index (χ4n) is 1.51. The third kappa shape index (κ3) is 2.51. The van der Waals surface area contributed by atoms with Crippen LogP contribution < -0.4 is 9.47 Å². The topological polar surface area (TPSA) is 137 Å². The van der Waals surface area contributed by atoms with Crippen LogP contribution in [0.3, 0.4) is 0 Å². The van der Waals surface area contributed by atoms with Gasteiger partial charge in [-0.25, -0.2) is 0 Å². The highest BCUT2D eigenvalue weighted by Crippen LogP contribution is 2.42. The highest BCUT2D eigenvalue weighted by molar-refractivity contribution is 5.93. The van der Waals surface area contributed by atoms with E-state index in [0.29, 0.717) is 6.21 Å². The molecule has 0 spiro atoms. The predicted molar refractivity (Wildman–Crippen MR) is 62.2 cm³/mol. The number of ether oxygens (including phenoxy) is 2. The van der Waals surface area contributed by atoms with Crippen molar-refractivity contribution in [2.45, 2.75) is 0 Å². The van der Waals surface area contributed by atoms with E-state index in [2.05, 4.69) is 5.16 Å². The summed E-state index contributed by atoms with van der Waals surface area (Å²) >= 11 is 0. The van der Waals surface area contributed by atoms with Gasteiger partial charge in [0.1, 0.15) is 5.56 Å². The predicted octanol–water partition coefficient (Wildman–Crippen LogP) is 1.33. The molecule has 0 bridgehead atoms. The van der Waals surface area contributed by atoms with Gasteiger partial charge in [0, 0.05) is 0 Å². The summed E-state index contributed by atoms with van der Waals surface area (Å²) in [7, 11) is 2.23. The van der Waals surface area contributed by atoms with Crippen molar-refractivity contribution in [2.75, 3.05) is 14.2 Å². The first-order chi connectivity index (χ1) is 8.97. The van der Waals surface area contributed by atoms with Gasteiger partial charge in [0.25, 0.3) is 0 Å². The highest BCUT2D eigenvalue weighted by Gasteiger charge is 2.32. The molecule has 19 heavy (non-hydrogen) atoms. The van der Waals surface area contributed by atoms with Crippen LogP contribution in [0.5, 0.6) is 11.5 Å². The highest BCUT2D eigenvalue weighted by atomic mass is 16.6. The molecule has 1 N–H and O–H groups in total. The summed E-state index contributed by atoms with van der Waals surface area (Å²) in [6.07, 6.45) is 0.673. The van der Waals surface area contributed by atoms with Gasteiger partial charge in [-0.3, -0.25) is 20.2 Å². The molecule has 0 aromatic heterocycles. The fraction of sp³-hybridized carbons (Fsp3) is 0.222. The van der Waals surface area contributed by atoms with Crippen LogP contribution in [0.4, 0.5) is 11.4 Å². The van der Waals surface area contributed by atoms with Crippen LogP contribution in [-0.4, -0.2) is 35.5 Å². The van der Waals surface area contributed by atoms with Crippen molar-refractivity contribution in [3.8, 4) is 11.5 Å². The lowest BCUT2D eigenvalue weighted by Crippen LogP contribution is -2.04. The van der Waals surface area contributed by atoms with Gasteiger partial charge in [-0.15, -0.1) is 0 Å². The Kier molecular flexibility index (Phi) is 4.19. The van der Waals surface area contributed by atoms with Crippen molar-refractivity contribution in [3.63, 3.8) is 0 Å². The number of hydrogen-bond donors (Lipinski definition) is 1. The van der Waals surface area contributed by atoms with E-state index in [-0.39, 0.29) is 11.3 Å². The fourth-order valence-corrected chi connectivity index (χ4v) is 1.51. The number of oxime groups is 1. The number of rotatable bonds is 5. The Hall–Kier alpha value is -2.91. The van der Waals surface area contributed by atoms with Crippen LogP contribution in [0.2, 0.25) is 0 Å². The standard InChI is InChI=1S/C9H9N3O7/c1-18-7-3-6(11(14)15)9(19-2)5(4-10-13)8(7)12(16)17/h3-4,13H,1-2H3/b10-4+. The molecular formula is C9H9N3O7. The average Bonchev–Trinajstić information content (AvgIpc) is 2.36. The molecule has 0 aliphatic rings. The zero-order valence-electron chi connectivity index (χ0n) is 9.89. The molecule has 1 aromatic carbocycles. The molecule has 102 valence electrons. The minimum atomic E-state index is -0.817. The maximum Gasteiger partial charge on any atom is 0.324 e. The number of methoxy groups -OCH3 is 2. The molecule has 1 aromatic rings. The van der Waals surface area contributed by atoms with Crippen molar-refractivity contribution >= 4 is 17.6 Å². The Balaban J connectivity index is 3.82. The molecule has 0 saturated carbocycles. The van der Waals surface area contributed by atoms with Crippen LogP contribution in [0.25, 0.3) is 0 Å². The van der Waals surface area contributed by atoms with Gasteiger partial charge in [-0.2, -0.15) is 0 Å². The lowest BCUT2D eigenvalue weighted by Gasteiger charge is -2.09. The summed E-state index contributed by atoms with van der Waals surface area (Å²) in [5, 5.41) is 33.0. The Labute approximate surface area is 106 Å². The van der Waals surface area contributed by atoms with E-state index in [0.717, 1.165) is 20.3 Å². The first-order valence-corrected chi connectivity index (χ1v) is 4.73. The largest absolute Gasteiger partial charge is 0.490 e. The van der Waals surface area contributed by atoms with Gasteiger partial charge in [-0.1, -0.05) is 5.16 Å². The van der Waals surface area contributed by atoms with Crippen molar-refractivity contribution in [2.24, 2.45) is 5.16 Å². The minimum Gasteiger partial charge on any atom is -0.490 e. The second-order valence-electron chi connectivity index (χ2n) is 3.15. The number of nitrogens with zero attached hydrogens (tertiary/aromatic N) is 3. The van der Waals surface area contributed by atoms with E-state index in [1.54, 1.807) is 0 Å². The Morgan fingerprint density at radius 3 is 2.26 bits per heavy atom. The van der Waals surface area contributed by atoms with Crippen LogP contribution in [0.15, 0.2) is 11.2 Å². The van der Waals surface area contributed by atoms with E-state index >= 15 is 0 Å². The van der Waals surface area contributed by atoms with E-state index in [9.17, 15) is 20.2 Å². The zero-order valence-corrected chi connectivity index (χ0v) is 9.89. The monoisotopic (exact) mass is 271 g/mol.